The molecule has 0 radical (unpaired) electrons. The Balaban J connectivity index is 1.65. The SMILES string of the molecule is CC(C)c1ccc(C(=O)NCc2ccc3c(c2)CCC(=O)N3C)cc1. The number of anilines is 1. The van der Waals surface area contributed by atoms with Crippen molar-refractivity contribution in [3.8, 4) is 0 Å². The van der Waals surface area contributed by atoms with Crippen molar-refractivity contribution >= 4 is 17.5 Å². The molecule has 2 amide bonds. The van der Waals surface area contributed by atoms with Gasteiger partial charge in [-0.3, -0.25) is 9.59 Å². The number of benzene rings is 2. The van der Waals surface area contributed by atoms with Gasteiger partial charge in [0, 0.05) is 31.3 Å². The van der Waals surface area contributed by atoms with Gasteiger partial charge in [-0.15, -0.1) is 0 Å². The fourth-order valence-electron chi connectivity index (χ4n) is 3.12. The van der Waals surface area contributed by atoms with E-state index in [0.717, 1.165) is 23.2 Å². The van der Waals surface area contributed by atoms with Crippen LogP contribution in [0.1, 0.15) is 53.2 Å². The minimum atomic E-state index is -0.0691. The average molecular weight is 336 g/mol. The van der Waals surface area contributed by atoms with Gasteiger partial charge >= 0.3 is 0 Å². The molecule has 3 rings (SSSR count). The van der Waals surface area contributed by atoms with E-state index in [4.69, 9.17) is 0 Å². The molecule has 25 heavy (non-hydrogen) atoms. The lowest BCUT2D eigenvalue weighted by Crippen LogP contribution is -2.31. The van der Waals surface area contributed by atoms with Crippen molar-refractivity contribution in [3.63, 3.8) is 0 Å². The fraction of sp³-hybridized carbons (Fsp3) is 0.333. The quantitative estimate of drug-likeness (QED) is 0.926. The summed E-state index contributed by atoms with van der Waals surface area (Å²) in [6.07, 6.45) is 1.30. The smallest absolute Gasteiger partial charge is 0.251 e. The number of carbonyl (C=O) groups is 2. The summed E-state index contributed by atoms with van der Waals surface area (Å²) >= 11 is 0. The monoisotopic (exact) mass is 336 g/mol. The van der Waals surface area contributed by atoms with Crippen molar-refractivity contribution in [1.29, 1.82) is 0 Å². The van der Waals surface area contributed by atoms with Crippen LogP contribution in [0.4, 0.5) is 5.69 Å². The number of carbonyl (C=O) groups excluding carboxylic acids is 2. The first-order valence-corrected chi connectivity index (χ1v) is 8.72. The molecule has 1 aliphatic rings. The zero-order valence-corrected chi connectivity index (χ0v) is 15.0. The largest absolute Gasteiger partial charge is 0.348 e. The second kappa shape index (κ2) is 7.09. The van der Waals surface area contributed by atoms with Gasteiger partial charge in [-0.05, 0) is 47.2 Å². The van der Waals surface area contributed by atoms with Crippen LogP contribution in [0, 0.1) is 0 Å². The van der Waals surface area contributed by atoms with Crippen LogP contribution in [-0.4, -0.2) is 18.9 Å². The summed E-state index contributed by atoms with van der Waals surface area (Å²) in [5.74, 6) is 0.538. The lowest BCUT2D eigenvalue weighted by molar-refractivity contribution is -0.118. The number of rotatable bonds is 4. The molecule has 130 valence electrons. The molecule has 0 spiro atoms. The van der Waals surface area contributed by atoms with Crippen molar-refractivity contribution < 1.29 is 9.59 Å². The van der Waals surface area contributed by atoms with E-state index in [-0.39, 0.29) is 11.8 Å². The number of hydrogen-bond donors (Lipinski definition) is 1. The third kappa shape index (κ3) is 3.73. The molecule has 0 atom stereocenters. The Kier molecular flexibility index (Phi) is 4.88. The van der Waals surface area contributed by atoms with Crippen molar-refractivity contribution in [2.75, 3.05) is 11.9 Å². The van der Waals surface area contributed by atoms with E-state index in [1.165, 1.54) is 5.56 Å². The summed E-state index contributed by atoms with van der Waals surface area (Å²) < 4.78 is 0. The average Bonchev–Trinajstić information content (AvgIpc) is 2.63. The molecule has 4 nitrogen and oxygen atoms in total. The van der Waals surface area contributed by atoms with Gasteiger partial charge in [0.2, 0.25) is 5.91 Å². The molecule has 0 unspecified atom stereocenters. The summed E-state index contributed by atoms with van der Waals surface area (Å²) in [6.45, 7) is 4.75. The Morgan fingerprint density at radius 1 is 1.12 bits per heavy atom. The summed E-state index contributed by atoms with van der Waals surface area (Å²) in [5.41, 5.74) is 5.08. The Bertz CT molecular complexity index is 794. The van der Waals surface area contributed by atoms with Gasteiger partial charge in [0.25, 0.3) is 5.91 Å². The minimum absolute atomic E-state index is 0.0691. The molecule has 2 aromatic carbocycles. The van der Waals surface area contributed by atoms with E-state index in [1.807, 2.05) is 43.4 Å². The molecule has 1 aliphatic heterocycles. The zero-order valence-electron chi connectivity index (χ0n) is 15.0. The van der Waals surface area contributed by atoms with Crippen molar-refractivity contribution in [2.24, 2.45) is 0 Å². The third-order valence-electron chi connectivity index (χ3n) is 4.78. The Morgan fingerprint density at radius 2 is 1.84 bits per heavy atom. The van der Waals surface area contributed by atoms with Crippen LogP contribution in [-0.2, 0) is 17.8 Å². The maximum absolute atomic E-state index is 12.3. The van der Waals surface area contributed by atoms with Gasteiger partial charge in [-0.25, -0.2) is 0 Å². The lowest BCUT2D eigenvalue weighted by atomic mass is 9.99. The van der Waals surface area contributed by atoms with Gasteiger partial charge < -0.3 is 10.2 Å². The first-order chi connectivity index (χ1) is 12.0. The highest BCUT2D eigenvalue weighted by atomic mass is 16.2. The third-order valence-corrected chi connectivity index (χ3v) is 4.78. The molecule has 0 saturated carbocycles. The summed E-state index contributed by atoms with van der Waals surface area (Å²) in [4.78, 5) is 25.8. The van der Waals surface area contributed by atoms with E-state index in [0.29, 0.717) is 24.4 Å². The maximum Gasteiger partial charge on any atom is 0.251 e. The highest BCUT2D eigenvalue weighted by molar-refractivity contribution is 5.96. The normalized spacial score (nSPS) is 13.8. The van der Waals surface area contributed by atoms with Crippen molar-refractivity contribution in [3.05, 3.63) is 64.7 Å². The molecule has 4 heteroatoms. The molecule has 0 bridgehead atoms. The minimum Gasteiger partial charge on any atom is -0.348 e. The Labute approximate surface area is 148 Å². The predicted molar refractivity (Wildman–Crippen MR) is 99.9 cm³/mol. The number of fused-ring (bicyclic) bond motifs is 1. The summed E-state index contributed by atoms with van der Waals surface area (Å²) in [5, 5.41) is 2.97. The maximum atomic E-state index is 12.3. The highest BCUT2D eigenvalue weighted by Gasteiger charge is 2.20. The topological polar surface area (TPSA) is 49.4 Å². The molecule has 0 fully saturated rings. The Hall–Kier alpha value is -2.62. The lowest BCUT2D eigenvalue weighted by Gasteiger charge is -2.26. The molecule has 0 saturated heterocycles. The fourth-order valence-corrected chi connectivity index (χ4v) is 3.12. The van der Waals surface area contributed by atoms with Crippen LogP contribution in [0.3, 0.4) is 0 Å². The van der Waals surface area contributed by atoms with Gasteiger partial charge in [-0.1, -0.05) is 38.1 Å². The highest BCUT2D eigenvalue weighted by Crippen LogP contribution is 2.27. The second-order valence-corrected chi connectivity index (χ2v) is 6.88. The summed E-state index contributed by atoms with van der Waals surface area (Å²) in [7, 11) is 1.81. The standard InChI is InChI=1S/C21H24N2O2/c1-14(2)16-5-7-17(8-6-16)21(25)22-13-15-4-10-19-18(12-15)9-11-20(24)23(19)3/h4-8,10,12,14H,9,11,13H2,1-3H3,(H,22,25). The van der Waals surface area contributed by atoms with E-state index in [9.17, 15) is 9.59 Å². The molecule has 1 N–H and O–H groups in total. The first kappa shape index (κ1) is 17.2. The van der Waals surface area contributed by atoms with E-state index < -0.39 is 0 Å². The molecule has 1 heterocycles. The predicted octanol–water partition coefficient (Wildman–Crippen LogP) is 3.65. The molecular formula is C21H24N2O2. The number of nitrogens with zero attached hydrogens (tertiary/aromatic N) is 1. The van der Waals surface area contributed by atoms with Crippen LogP contribution >= 0.6 is 0 Å². The molecule has 0 aliphatic carbocycles. The van der Waals surface area contributed by atoms with Gasteiger partial charge in [0.05, 0.1) is 0 Å². The van der Waals surface area contributed by atoms with Crippen molar-refractivity contribution in [2.45, 2.75) is 39.2 Å². The van der Waals surface area contributed by atoms with Crippen LogP contribution in [0.15, 0.2) is 42.5 Å². The van der Waals surface area contributed by atoms with Gasteiger partial charge in [-0.2, -0.15) is 0 Å². The molecule has 0 aromatic heterocycles. The first-order valence-electron chi connectivity index (χ1n) is 8.72. The molecular weight excluding hydrogens is 312 g/mol. The van der Waals surface area contributed by atoms with E-state index in [2.05, 4.69) is 25.2 Å². The summed E-state index contributed by atoms with van der Waals surface area (Å²) in [6, 6.07) is 13.8. The van der Waals surface area contributed by atoms with Crippen LogP contribution in [0.2, 0.25) is 0 Å². The number of aryl methyl sites for hydroxylation is 1. The number of hydrogen-bond acceptors (Lipinski definition) is 2. The van der Waals surface area contributed by atoms with Crippen LogP contribution in [0.25, 0.3) is 0 Å². The Morgan fingerprint density at radius 3 is 2.52 bits per heavy atom. The van der Waals surface area contributed by atoms with Crippen LogP contribution in [0.5, 0.6) is 0 Å². The second-order valence-electron chi connectivity index (χ2n) is 6.88. The van der Waals surface area contributed by atoms with Gasteiger partial charge in [0.15, 0.2) is 0 Å². The van der Waals surface area contributed by atoms with E-state index in [1.54, 1.807) is 4.90 Å². The van der Waals surface area contributed by atoms with Crippen LogP contribution < -0.4 is 10.2 Å². The van der Waals surface area contributed by atoms with Gasteiger partial charge in [0.1, 0.15) is 0 Å². The number of amides is 2. The number of nitrogens with one attached hydrogen (secondary N) is 1. The van der Waals surface area contributed by atoms with E-state index >= 15 is 0 Å². The molecule has 2 aromatic rings. The zero-order chi connectivity index (χ0) is 18.0. The van der Waals surface area contributed by atoms with Crippen molar-refractivity contribution in [1.82, 2.24) is 5.32 Å².